The number of nitrogen functional groups attached to an aromatic ring is 1. The Bertz CT molecular complexity index is 1860. The van der Waals surface area contributed by atoms with E-state index in [-0.39, 0.29) is 74.7 Å². The summed E-state index contributed by atoms with van der Waals surface area (Å²) >= 11 is 0. The molecule has 208 valence electrons. The Balaban J connectivity index is 0.00000462. The van der Waals surface area contributed by atoms with E-state index in [4.69, 9.17) is 5.73 Å². The summed E-state index contributed by atoms with van der Waals surface area (Å²) in [6.45, 7) is 3.12. The Labute approximate surface area is 259 Å². The SMILES string of the molecule is CCN(c1ccc(NC(C)=O)cc1)S(=O)(=O)c1ccccc1N=Nc1c(N)ccc2cc(S(=O)(=O)[O-])cc(O)c12.[Na+]. The molecular formula is C26H24N5NaO7S2. The summed E-state index contributed by atoms with van der Waals surface area (Å²) in [4.78, 5) is 10.5. The molecule has 4 aromatic carbocycles. The minimum Gasteiger partial charge on any atom is -0.744 e. The summed E-state index contributed by atoms with van der Waals surface area (Å²) < 4.78 is 63.0. The maximum atomic E-state index is 13.7. The molecule has 0 spiro atoms. The first kappa shape index (κ1) is 32.0. The number of rotatable bonds is 8. The minimum absolute atomic E-state index is 0. The van der Waals surface area contributed by atoms with Gasteiger partial charge in [0.2, 0.25) is 5.91 Å². The van der Waals surface area contributed by atoms with Gasteiger partial charge in [0.25, 0.3) is 10.0 Å². The molecule has 0 aliphatic carbocycles. The van der Waals surface area contributed by atoms with Crippen LogP contribution in [0, 0.1) is 0 Å². The number of azo groups is 1. The molecule has 0 radical (unpaired) electrons. The molecule has 0 bridgehead atoms. The number of nitrogens with one attached hydrogen (secondary N) is 1. The zero-order valence-electron chi connectivity index (χ0n) is 22.3. The number of anilines is 3. The summed E-state index contributed by atoms with van der Waals surface area (Å²) in [5.74, 6) is -0.822. The van der Waals surface area contributed by atoms with E-state index in [1.54, 1.807) is 37.3 Å². The van der Waals surface area contributed by atoms with E-state index in [0.29, 0.717) is 11.4 Å². The summed E-state index contributed by atoms with van der Waals surface area (Å²) in [6.07, 6.45) is 0. The van der Waals surface area contributed by atoms with Crippen LogP contribution in [0.25, 0.3) is 10.8 Å². The van der Waals surface area contributed by atoms with Gasteiger partial charge in [-0.15, -0.1) is 10.2 Å². The van der Waals surface area contributed by atoms with Crippen LogP contribution >= 0.6 is 0 Å². The number of benzene rings is 4. The van der Waals surface area contributed by atoms with Crippen molar-refractivity contribution in [1.29, 1.82) is 0 Å². The van der Waals surface area contributed by atoms with Crippen LogP contribution in [0.1, 0.15) is 13.8 Å². The van der Waals surface area contributed by atoms with Gasteiger partial charge in [0.05, 0.1) is 21.7 Å². The van der Waals surface area contributed by atoms with Crippen LogP contribution in [0.5, 0.6) is 5.75 Å². The zero-order valence-corrected chi connectivity index (χ0v) is 25.9. The van der Waals surface area contributed by atoms with Crippen LogP contribution in [0.2, 0.25) is 0 Å². The third kappa shape index (κ3) is 6.86. The number of fused-ring (bicyclic) bond motifs is 1. The fraction of sp³-hybridized carbons (Fsp3) is 0.115. The number of phenols is 1. The molecule has 0 heterocycles. The first-order valence-corrected chi connectivity index (χ1v) is 14.6. The van der Waals surface area contributed by atoms with Crippen LogP contribution in [-0.4, -0.2) is 38.9 Å². The first-order valence-electron chi connectivity index (χ1n) is 11.7. The van der Waals surface area contributed by atoms with Crippen LogP contribution in [0.3, 0.4) is 0 Å². The van der Waals surface area contributed by atoms with E-state index in [0.717, 1.165) is 12.1 Å². The van der Waals surface area contributed by atoms with Gasteiger partial charge in [-0.05, 0) is 66.9 Å². The predicted octanol–water partition coefficient (Wildman–Crippen LogP) is 1.62. The van der Waals surface area contributed by atoms with E-state index in [1.165, 1.54) is 41.6 Å². The van der Waals surface area contributed by atoms with E-state index in [2.05, 4.69) is 15.5 Å². The van der Waals surface area contributed by atoms with Gasteiger partial charge in [-0.1, -0.05) is 18.2 Å². The second-order valence-corrected chi connectivity index (χ2v) is 11.8. The van der Waals surface area contributed by atoms with E-state index < -0.39 is 30.8 Å². The van der Waals surface area contributed by atoms with E-state index in [1.807, 2.05) is 0 Å². The molecule has 4 aromatic rings. The molecule has 41 heavy (non-hydrogen) atoms. The van der Waals surface area contributed by atoms with Crippen molar-refractivity contribution in [1.82, 2.24) is 0 Å². The number of nitrogens with two attached hydrogens (primary N) is 1. The second kappa shape index (κ2) is 12.5. The maximum absolute atomic E-state index is 13.7. The van der Waals surface area contributed by atoms with Crippen molar-refractivity contribution in [2.75, 3.05) is 21.9 Å². The molecule has 0 atom stereocenters. The largest absolute Gasteiger partial charge is 1.00 e. The van der Waals surface area contributed by atoms with E-state index in [9.17, 15) is 31.3 Å². The number of phenolic OH excluding ortho intramolecular Hbond substituents is 1. The van der Waals surface area contributed by atoms with Crippen molar-refractivity contribution >= 4 is 65.3 Å². The van der Waals surface area contributed by atoms with Gasteiger partial charge in [-0.2, -0.15) is 0 Å². The first-order chi connectivity index (χ1) is 18.8. The number of sulfonamides is 1. The standard InChI is InChI=1S/C26H25N5O7S2.Na/c1-3-31(19-11-9-18(10-12-19)28-16(2)32)39(34,35)24-7-5-4-6-22(24)29-30-26-21(27)13-8-17-14-20(40(36,37)38)15-23(33)25(17)26;/h4-15,33H,3,27H2,1-2H3,(H,28,32)(H,36,37,38);/q;+1/p-1. The molecule has 4 N–H and O–H groups in total. The van der Waals surface area contributed by atoms with Gasteiger partial charge in [0.1, 0.15) is 32.1 Å². The number of carbonyl (C=O) groups excluding carboxylic acids is 1. The van der Waals surface area contributed by atoms with Crippen molar-refractivity contribution in [3.8, 4) is 5.75 Å². The summed E-state index contributed by atoms with van der Waals surface area (Å²) in [6, 6.07) is 16.9. The van der Waals surface area contributed by atoms with Gasteiger partial charge < -0.3 is 20.7 Å². The van der Waals surface area contributed by atoms with Crippen LogP contribution in [0.15, 0.2) is 92.8 Å². The fourth-order valence-electron chi connectivity index (χ4n) is 4.05. The third-order valence-electron chi connectivity index (χ3n) is 5.82. The molecular weight excluding hydrogens is 581 g/mol. The Morgan fingerprint density at radius 1 is 1.00 bits per heavy atom. The average Bonchev–Trinajstić information content (AvgIpc) is 2.88. The molecule has 0 unspecified atom stereocenters. The Morgan fingerprint density at radius 2 is 1.66 bits per heavy atom. The third-order valence-corrected chi connectivity index (χ3v) is 8.58. The number of amides is 1. The summed E-state index contributed by atoms with van der Waals surface area (Å²) in [5, 5.41) is 21.6. The summed E-state index contributed by atoms with van der Waals surface area (Å²) in [5.41, 5.74) is 6.93. The van der Waals surface area contributed by atoms with Crippen molar-refractivity contribution in [3.05, 3.63) is 72.8 Å². The molecule has 4 rings (SSSR count). The molecule has 12 nitrogen and oxygen atoms in total. The molecule has 1 amide bonds. The number of hydrogen-bond donors (Lipinski definition) is 3. The van der Waals surface area contributed by atoms with Gasteiger partial charge in [-0.3, -0.25) is 9.10 Å². The monoisotopic (exact) mass is 605 g/mol. The number of aromatic hydroxyl groups is 1. The van der Waals surface area contributed by atoms with Crippen LogP contribution in [-0.2, 0) is 24.9 Å². The number of nitrogens with zero attached hydrogens (tertiary/aromatic N) is 3. The van der Waals surface area contributed by atoms with Gasteiger partial charge in [0.15, 0.2) is 0 Å². The number of carbonyl (C=O) groups is 1. The van der Waals surface area contributed by atoms with Crippen molar-refractivity contribution in [2.45, 2.75) is 23.6 Å². The van der Waals surface area contributed by atoms with Gasteiger partial charge >= 0.3 is 29.6 Å². The Morgan fingerprint density at radius 3 is 2.27 bits per heavy atom. The fourth-order valence-corrected chi connectivity index (χ4v) is 6.18. The molecule has 0 aliphatic rings. The van der Waals surface area contributed by atoms with Crippen molar-refractivity contribution < 1.29 is 60.8 Å². The smallest absolute Gasteiger partial charge is 0.744 e. The molecule has 15 heteroatoms. The van der Waals surface area contributed by atoms with Crippen molar-refractivity contribution in [2.24, 2.45) is 10.2 Å². The van der Waals surface area contributed by atoms with Crippen LogP contribution in [0.4, 0.5) is 28.4 Å². The maximum Gasteiger partial charge on any atom is 1.00 e. The second-order valence-electron chi connectivity index (χ2n) is 8.56. The quantitative estimate of drug-likeness (QED) is 0.117. The van der Waals surface area contributed by atoms with Crippen LogP contribution < -0.4 is 44.9 Å². The van der Waals surface area contributed by atoms with E-state index >= 15 is 0 Å². The summed E-state index contributed by atoms with van der Waals surface area (Å²) in [7, 11) is -8.99. The Kier molecular flexibility index (Phi) is 9.79. The average molecular weight is 606 g/mol. The molecule has 0 aliphatic heterocycles. The predicted molar refractivity (Wildman–Crippen MR) is 150 cm³/mol. The topological polar surface area (TPSA) is 195 Å². The van der Waals surface area contributed by atoms with Gasteiger partial charge in [0, 0.05) is 19.2 Å². The Hall–Kier alpha value is -3.53. The molecule has 0 saturated heterocycles. The molecule has 0 saturated carbocycles. The normalized spacial score (nSPS) is 11.8. The molecule has 0 fully saturated rings. The van der Waals surface area contributed by atoms with Crippen molar-refractivity contribution in [3.63, 3.8) is 0 Å². The van der Waals surface area contributed by atoms with Gasteiger partial charge in [-0.25, -0.2) is 16.8 Å². The minimum atomic E-state index is -4.84. The molecule has 0 aromatic heterocycles. The number of hydrogen-bond acceptors (Lipinski definition) is 10. The zero-order chi connectivity index (χ0) is 29.2.